The molecule has 29 heavy (non-hydrogen) atoms. The van der Waals surface area contributed by atoms with E-state index in [0.717, 1.165) is 21.3 Å². The van der Waals surface area contributed by atoms with Crippen LogP contribution in [0.4, 0.5) is 5.13 Å². The Kier molecular flexibility index (Phi) is 5.60. The highest BCUT2D eigenvalue weighted by molar-refractivity contribution is 7.22. The number of thiazole rings is 1. The van der Waals surface area contributed by atoms with Gasteiger partial charge in [-0.15, -0.1) is 0 Å². The van der Waals surface area contributed by atoms with Crippen LogP contribution in [0, 0.1) is 0 Å². The van der Waals surface area contributed by atoms with Crippen molar-refractivity contribution in [2.24, 2.45) is 0 Å². The number of ether oxygens (including phenoxy) is 1. The zero-order valence-electron chi connectivity index (χ0n) is 16.5. The zero-order valence-corrected chi connectivity index (χ0v) is 17.3. The smallest absolute Gasteiger partial charge is 0.323 e. The molecule has 0 saturated heterocycles. The predicted octanol–water partition coefficient (Wildman–Crippen LogP) is 3.25. The number of methoxy groups -OCH3 is 1. The molecular weight excluding hydrogens is 386 g/mol. The summed E-state index contributed by atoms with van der Waals surface area (Å²) in [5.74, 6) is -0.379. The maximum absolute atomic E-state index is 13.2. The van der Waals surface area contributed by atoms with Gasteiger partial charge >= 0.3 is 5.97 Å². The van der Waals surface area contributed by atoms with Gasteiger partial charge in [0.2, 0.25) is 5.91 Å². The minimum absolute atomic E-state index is 0.0696. The highest BCUT2D eigenvalue weighted by Gasteiger charge is 2.34. The van der Waals surface area contributed by atoms with E-state index in [4.69, 9.17) is 4.74 Å². The topological polar surface area (TPSA) is 62.7 Å². The van der Waals surface area contributed by atoms with Crippen LogP contribution in [-0.4, -0.2) is 48.0 Å². The second kappa shape index (κ2) is 8.31. The molecule has 0 saturated carbocycles. The third-order valence-corrected chi connectivity index (χ3v) is 6.35. The first-order valence-corrected chi connectivity index (χ1v) is 10.5. The first-order chi connectivity index (χ1) is 14.1. The molecule has 1 aliphatic heterocycles. The molecule has 2 aromatic carbocycles. The van der Waals surface area contributed by atoms with E-state index in [1.165, 1.54) is 18.4 Å². The van der Waals surface area contributed by atoms with Gasteiger partial charge in [-0.2, -0.15) is 0 Å². The number of nitrogens with zero attached hydrogens (tertiary/aromatic N) is 3. The van der Waals surface area contributed by atoms with E-state index in [0.29, 0.717) is 24.6 Å². The average Bonchev–Trinajstić information content (AvgIpc) is 3.16. The van der Waals surface area contributed by atoms with E-state index in [1.54, 1.807) is 4.90 Å². The van der Waals surface area contributed by atoms with Crippen molar-refractivity contribution in [1.82, 2.24) is 9.88 Å². The Hall–Kier alpha value is -2.77. The Morgan fingerprint density at radius 3 is 2.62 bits per heavy atom. The molecule has 0 radical (unpaired) electrons. The number of carbonyl (C=O) groups excluding carboxylic acids is 2. The summed E-state index contributed by atoms with van der Waals surface area (Å²) in [4.78, 5) is 33.8. The molecule has 3 aromatic rings. The van der Waals surface area contributed by atoms with Crippen LogP contribution in [-0.2, 0) is 27.3 Å². The van der Waals surface area contributed by atoms with Crippen LogP contribution in [0.3, 0.4) is 0 Å². The lowest BCUT2D eigenvalue weighted by Gasteiger charge is -2.35. The fourth-order valence-electron chi connectivity index (χ4n) is 3.76. The zero-order chi connectivity index (χ0) is 20.4. The lowest BCUT2D eigenvalue weighted by molar-refractivity contribution is -0.148. The van der Waals surface area contributed by atoms with Gasteiger partial charge in [-0.05, 0) is 36.6 Å². The van der Waals surface area contributed by atoms with Gasteiger partial charge in [-0.25, -0.2) is 4.98 Å². The third kappa shape index (κ3) is 3.88. The normalized spacial score (nSPS) is 16.4. The molecule has 0 fully saturated rings. The number of fused-ring (bicyclic) bond motifs is 2. The Morgan fingerprint density at radius 1 is 1.17 bits per heavy atom. The van der Waals surface area contributed by atoms with Crippen LogP contribution < -0.4 is 4.90 Å². The minimum Gasteiger partial charge on any atom is -0.468 e. The predicted molar refractivity (Wildman–Crippen MR) is 114 cm³/mol. The summed E-state index contributed by atoms with van der Waals surface area (Å²) < 4.78 is 6.06. The lowest BCUT2D eigenvalue weighted by Crippen LogP contribution is -2.50. The van der Waals surface area contributed by atoms with Crippen LogP contribution in [0.1, 0.15) is 18.1 Å². The number of rotatable bonds is 5. The molecule has 7 heteroatoms. The largest absolute Gasteiger partial charge is 0.468 e. The van der Waals surface area contributed by atoms with E-state index in [2.05, 4.69) is 4.98 Å². The standard InChI is InChI=1S/C22H23N3O3S/c1-3-25(22-23-17-10-6-7-11-19(17)29-22)20(26)14-24-13-16-9-5-4-8-15(16)12-18(24)21(27)28-2/h4-11,18H,3,12-14H2,1-2H3. The molecule has 6 nitrogen and oxygen atoms in total. The maximum Gasteiger partial charge on any atom is 0.323 e. The minimum atomic E-state index is -0.465. The van der Waals surface area contributed by atoms with Crippen LogP contribution in [0.5, 0.6) is 0 Å². The summed E-state index contributed by atoms with van der Waals surface area (Å²) in [6.45, 7) is 3.14. The lowest BCUT2D eigenvalue weighted by atomic mass is 9.94. The van der Waals surface area contributed by atoms with Crippen LogP contribution in [0.25, 0.3) is 10.2 Å². The second-order valence-electron chi connectivity index (χ2n) is 7.02. The maximum atomic E-state index is 13.2. The molecule has 1 atom stereocenters. The van der Waals surface area contributed by atoms with Gasteiger partial charge in [0.05, 0.1) is 23.9 Å². The second-order valence-corrected chi connectivity index (χ2v) is 8.03. The SMILES string of the molecule is CCN(C(=O)CN1Cc2ccccc2CC1C(=O)OC)c1nc2ccccc2s1. The van der Waals surface area contributed by atoms with Gasteiger partial charge in [-0.1, -0.05) is 47.7 Å². The molecule has 1 unspecified atom stereocenters. The van der Waals surface area contributed by atoms with E-state index < -0.39 is 6.04 Å². The summed E-state index contributed by atoms with van der Waals surface area (Å²) >= 11 is 1.50. The molecule has 0 bridgehead atoms. The van der Waals surface area contributed by atoms with Crippen molar-refractivity contribution in [1.29, 1.82) is 0 Å². The molecule has 150 valence electrons. The molecule has 1 aliphatic rings. The van der Waals surface area contributed by atoms with Gasteiger partial charge in [0.15, 0.2) is 5.13 Å². The third-order valence-electron chi connectivity index (χ3n) is 5.29. The molecule has 4 rings (SSSR count). The first-order valence-electron chi connectivity index (χ1n) is 9.65. The van der Waals surface area contributed by atoms with Crippen molar-refractivity contribution in [2.75, 3.05) is 25.1 Å². The molecule has 0 spiro atoms. The van der Waals surface area contributed by atoms with E-state index in [9.17, 15) is 9.59 Å². The fourth-order valence-corrected chi connectivity index (χ4v) is 4.81. The Bertz CT molecular complexity index is 1020. The number of benzene rings is 2. The fraction of sp³-hybridized carbons (Fsp3) is 0.318. The van der Waals surface area contributed by atoms with Crippen molar-refractivity contribution in [2.45, 2.75) is 25.9 Å². The van der Waals surface area contributed by atoms with Gasteiger partial charge in [0.1, 0.15) is 6.04 Å². The number of amides is 1. The highest BCUT2D eigenvalue weighted by atomic mass is 32.1. The summed E-state index contributed by atoms with van der Waals surface area (Å²) in [5, 5.41) is 0.686. The monoisotopic (exact) mass is 409 g/mol. The van der Waals surface area contributed by atoms with Crippen LogP contribution >= 0.6 is 11.3 Å². The van der Waals surface area contributed by atoms with Crippen molar-refractivity contribution in [3.8, 4) is 0 Å². The van der Waals surface area contributed by atoms with Gasteiger partial charge in [-0.3, -0.25) is 19.4 Å². The van der Waals surface area contributed by atoms with Crippen molar-refractivity contribution in [3.05, 3.63) is 59.7 Å². The average molecular weight is 410 g/mol. The Balaban J connectivity index is 1.58. The Labute approximate surface area is 173 Å². The molecule has 0 N–H and O–H groups in total. The number of hydrogen-bond donors (Lipinski definition) is 0. The van der Waals surface area contributed by atoms with Crippen LogP contribution in [0.15, 0.2) is 48.5 Å². The quantitative estimate of drug-likeness (QED) is 0.606. The summed E-state index contributed by atoms with van der Waals surface area (Å²) in [6, 6.07) is 15.4. The van der Waals surface area contributed by atoms with Crippen molar-refractivity contribution in [3.63, 3.8) is 0 Å². The first kappa shape index (κ1) is 19.5. The van der Waals surface area contributed by atoms with Gasteiger partial charge in [0.25, 0.3) is 0 Å². The highest BCUT2D eigenvalue weighted by Crippen LogP contribution is 2.29. The molecule has 0 aliphatic carbocycles. The van der Waals surface area contributed by atoms with Crippen LogP contribution in [0.2, 0.25) is 0 Å². The number of likely N-dealkylation sites (N-methyl/N-ethyl adjacent to an activating group) is 1. The molecule has 1 aromatic heterocycles. The Morgan fingerprint density at radius 2 is 1.90 bits per heavy atom. The summed E-state index contributed by atoms with van der Waals surface area (Å²) in [6.07, 6.45) is 0.545. The number of anilines is 1. The number of para-hydroxylation sites is 1. The van der Waals surface area contributed by atoms with E-state index in [-0.39, 0.29) is 18.4 Å². The number of carbonyl (C=O) groups is 2. The van der Waals surface area contributed by atoms with Crippen molar-refractivity contribution >= 4 is 38.6 Å². The summed E-state index contributed by atoms with van der Waals surface area (Å²) in [7, 11) is 1.39. The van der Waals surface area contributed by atoms with Gasteiger partial charge in [0, 0.05) is 13.1 Å². The van der Waals surface area contributed by atoms with Gasteiger partial charge < -0.3 is 4.74 Å². The van der Waals surface area contributed by atoms with Crippen molar-refractivity contribution < 1.29 is 14.3 Å². The van der Waals surface area contributed by atoms with E-state index >= 15 is 0 Å². The molecular formula is C22H23N3O3S. The molecule has 1 amide bonds. The number of esters is 1. The number of aromatic nitrogens is 1. The van der Waals surface area contributed by atoms with E-state index in [1.807, 2.05) is 60.4 Å². The molecule has 2 heterocycles. The summed E-state index contributed by atoms with van der Waals surface area (Å²) in [5.41, 5.74) is 3.16. The number of hydrogen-bond acceptors (Lipinski definition) is 6.